The molecule has 2 aromatic rings. The molecule has 0 aliphatic rings. The van der Waals surface area contributed by atoms with Gasteiger partial charge in [-0.05, 0) is 49.2 Å². The van der Waals surface area contributed by atoms with E-state index in [2.05, 4.69) is 21.2 Å². The maximum Gasteiger partial charge on any atom is 0.262 e. The summed E-state index contributed by atoms with van der Waals surface area (Å²) in [6, 6.07) is 14.4. The minimum atomic E-state index is -0.298. The topological polar surface area (TPSA) is 95.1 Å². The number of para-hydroxylation sites is 1. The molecular formula is C21H18BrN3O3. The summed E-state index contributed by atoms with van der Waals surface area (Å²) in [7, 11) is 0. The molecule has 7 heteroatoms. The number of carbonyl (C=O) groups is 1. The van der Waals surface area contributed by atoms with E-state index in [9.17, 15) is 4.79 Å². The second kappa shape index (κ2) is 10.1. The van der Waals surface area contributed by atoms with Gasteiger partial charge in [0.15, 0.2) is 18.1 Å². The van der Waals surface area contributed by atoms with Crippen LogP contribution in [0, 0.1) is 29.6 Å². The quantitative estimate of drug-likeness (QED) is 0.635. The number of ether oxygens (including phenoxy) is 2. The number of amides is 1. The van der Waals surface area contributed by atoms with Crippen LogP contribution in [0.4, 0.5) is 5.69 Å². The molecule has 28 heavy (non-hydrogen) atoms. The van der Waals surface area contributed by atoms with Crippen LogP contribution in [0.2, 0.25) is 0 Å². The van der Waals surface area contributed by atoms with Crippen LogP contribution in [0.15, 0.2) is 46.4 Å². The zero-order valence-corrected chi connectivity index (χ0v) is 17.0. The van der Waals surface area contributed by atoms with E-state index in [0.717, 1.165) is 11.3 Å². The Balaban J connectivity index is 2.18. The van der Waals surface area contributed by atoms with Crippen LogP contribution in [-0.4, -0.2) is 19.1 Å². The van der Waals surface area contributed by atoms with E-state index in [1.807, 2.05) is 50.3 Å². The maximum atomic E-state index is 12.2. The molecule has 0 spiro atoms. The first-order valence-corrected chi connectivity index (χ1v) is 9.24. The molecule has 6 nitrogen and oxygen atoms in total. The number of benzene rings is 2. The number of nitrogens with zero attached hydrogens (tertiary/aromatic N) is 2. The Labute approximate surface area is 172 Å². The Hall–Kier alpha value is -3.29. The lowest BCUT2D eigenvalue weighted by Crippen LogP contribution is -2.20. The maximum absolute atomic E-state index is 12.2. The molecule has 0 aromatic heterocycles. The average Bonchev–Trinajstić information content (AvgIpc) is 2.68. The van der Waals surface area contributed by atoms with Crippen molar-refractivity contribution in [2.45, 2.75) is 13.8 Å². The van der Waals surface area contributed by atoms with E-state index < -0.39 is 0 Å². The molecule has 2 rings (SSSR count). The van der Waals surface area contributed by atoms with Crippen molar-refractivity contribution < 1.29 is 14.3 Å². The van der Waals surface area contributed by atoms with Crippen molar-refractivity contribution in [1.29, 1.82) is 10.5 Å². The lowest BCUT2D eigenvalue weighted by molar-refractivity contribution is -0.118. The predicted octanol–water partition coefficient (Wildman–Crippen LogP) is 4.60. The summed E-state index contributed by atoms with van der Waals surface area (Å²) in [6.07, 6.45) is 1.45. The van der Waals surface area contributed by atoms with Gasteiger partial charge in [0.2, 0.25) is 0 Å². The van der Waals surface area contributed by atoms with Crippen LogP contribution < -0.4 is 14.8 Å². The fourth-order valence-corrected chi connectivity index (χ4v) is 2.77. The summed E-state index contributed by atoms with van der Waals surface area (Å²) in [5, 5.41) is 20.7. The van der Waals surface area contributed by atoms with Gasteiger partial charge in [-0.15, -0.1) is 0 Å². The van der Waals surface area contributed by atoms with Crippen molar-refractivity contribution in [3.63, 3.8) is 0 Å². The highest BCUT2D eigenvalue weighted by atomic mass is 79.9. The molecule has 0 heterocycles. The van der Waals surface area contributed by atoms with Gasteiger partial charge in [0.05, 0.1) is 6.61 Å². The molecule has 0 radical (unpaired) electrons. The van der Waals surface area contributed by atoms with Crippen LogP contribution in [0.5, 0.6) is 11.5 Å². The Bertz CT molecular complexity index is 971. The van der Waals surface area contributed by atoms with Gasteiger partial charge in [-0.3, -0.25) is 4.79 Å². The first-order chi connectivity index (χ1) is 13.5. The normalized spacial score (nSPS) is 9.61. The van der Waals surface area contributed by atoms with Gasteiger partial charge in [-0.1, -0.05) is 34.1 Å². The number of hydrogen-bond acceptors (Lipinski definition) is 5. The molecule has 0 aliphatic carbocycles. The zero-order chi connectivity index (χ0) is 20.5. The summed E-state index contributed by atoms with van der Waals surface area (Å²) in [4.78, 5) is 12.2. The fraction of sp³-hybridized carbons (Fsp3) is 0.190. The van der Waals surface area contributed by atoms with Crippen molar-refractivity contribution in [1.82, 2.24) is 0 Å². The van der Waals surface area contributed by atoms with Gasteiger partial charge in [0.25, 0.3) is 5.91 Å². The van der Waals surface area contributed by atoms with Gasteiger partial charge in [0, 0.05) is 10.2 Å². The van der Waals surface area contributed by atoms with Gasteiger partial charge >= 0.3 is 0 Å². The van der Waals surface area contributed by atoms with Crippen molar-refractivity contribution in [3.8, 4) is 23.6 Å². The van der Waals surface area contributed by atoms with Crippen LogP contribution in [0.1, 0.15) is 18.1 Å². The lowest BCUT2D eigenvalue weighted by atomic mass is 10.1. The highest BCUT2D eigenvalue weighted by molar-refractivity contribution is 9.10. The molecule has 0 fully saturated rings. The smallest absolute Gasteiger partial charge is 0.262 e. The molecule has 0 unspecified atom stereocenters. The molecule has 1 amide bonds. The number of aryl methyl sites for hydroxylation is 1. The third-order valence-electron chi connectivity index (χ3n) is 3.68. The Kier molecular flexibility index (Phi) is 7.62. The molecule has 0 aliphatic heterocycles. The summed E-state index contributed by atoms with van der Waals surface area (Å²) < 4.78 is 11.8. The van der Waals surface area contributed by atoms with Crippen molar-refractivity contribution in [2.24, 2.45) is 0 Å². The number of nitriles is 2. The van der Waals surface area contributed by atoms with E-state index in [1.165, 1.54) is 6.08 Å². The minimum Gasteiger partial charge on any atom is -0.490 e. The number of anilines is 1. The third-order valence-corrected chi connectivity index (χ3v) is 4.37. The number of rotatable bonds is 7. The summed E-state index contributed by atoms with van der Waals surface area (Å²) in [6.45, 7) is 3.92. The molecule has 1 N–H and O–H groups in total. The van der Waals surface area contributed by atoms with Crippen LogP contribution >= 0.6 is 15.9 Å². The van der Waals surface area contributed by atoms with Gasteiger partial charge in [-0.2, -0.15) is 10.5 Å². The molecule has 0 saturated heterocycles. The molecule has 0 atom stereocenters. The van der Waals surface area contributed by atoms with E-state index in [1.54, 1.807) is 12.1 Å². The third kappa shape index (κ3) is 5.60. The Morgan fingerprint density at radius 1 is 1.18 bits per heavy atom. The van der Waals surface area contributed by atoms with E-state index in [4.69, 9.17) is 20.0 Å². The highest BCUT2D eigenvalue weighted by Crippen LogP contribution is 2.35. The van der Waals surface area contributed by atoms with Crippen molar-refractivity contribution >= 4 is 33.6 Å². The standard InChI is InChI=1S/C21H18BrN3O3/c1-3-27-19-9-16(8-15(11-23)12-24)17(22)10-20(19)28-13-21(26)25-18-7-5-4-6-14(18)2/h4-10H,3,13H2,1-2H3,(H,25,26). The molecule has 142 valence electrons. The molecule has 0 bridgehead atoms. The summed E-state index contributed by atoms with van der Waals surface area (Å²) >= 11 is 3.39. The van der Waals surface area contributed by atoms with Crippen molar-refractivity contribution in [3.05, 3.63) is 57.6 Å². The van der Waals surface area contributed by atoms with Crippen LogP contribution in [-0.2, 0) is 4.79 Å². The van der Waals surface area contributed by atoms with Crippen LogP contribution in [0.3, 0.4) is 0 Å². The fourth-order valence-electron chi connectivity index (χ4n) is 2.33. The number of hydrogen-bond donors (Lipinski definition) is 1. The highest BCUT2D eigenvalue weighted by Gasteiger charge is 2.13. The summed E-state index contributed by atoms with van der Waals surface area (Å²) in [5.74, 6) is 0.491. The lowest BCUT2D eigenvalue weighted by Gasteiger charge is -2.14. The first kappa shape index (κ1) is 21.0. The zero-order valence-electron chi connectivity index (χ0n) is 15.5. The second-order valence-electron chi connectivity index (χ2n) is 5.69. The number of nitrogens with one attached hydrogen (secondary N) is 1. The Morgan fingerprint density at radius 2 is 1.86 bits per heavy atom. The van der Waals surface area contributed by atoms with Gasteiger partial charge < -0.3 is 14.8 Å². The Morgan fingerprint density at radius 3 is 2.50 bits per heavy atom. The second-order valence-corrected chi connectivity index (χ2v) is 6.54. The number of allylic oxidation sites excluding steroid dienone is 1. The molecule has 0 saturated carbocycles. The SMILES string of the molecule is CCOc1cc(C=C(C#N)C#N)c(Br)cc1OCC(=O)Nc1ccccc1C. The largest absolute Gasteiger partial charge is 0.490 e. The van der Waals surface area contributed by atoms with E-state index in [0.29, 0.717) is 28.1 Å². The minimum absolute atomic E-state index is 0.0329. The monoisotopic (exact) mass is 439 g/mol. The number of carbonyl (C=O) groups excluding carboxylic acids is 1. The molecular weight excluding hydrogens is 422 g/mol. The number of halogens is 1. The van der Waals surface area contributed by atoms with Crippen molar-refractivity contribution in [2.75, 3.05) is 18.5 Å². The average molecular weight is 440 g/mol. The van der Waals surface area contributed by atoms with E-state index in [-0.39, 0.29) is 18.1 Å². The van der Waals surface area contributed by atoms with Crippen LogP contribution in [0.25, 0.3) is 6.08 Å². The molecule has 2 aromatic carbocycles. The van der Waals surface area contributed by atoms with E-state index >= 15 is 0 Å². The first-order valence-electron chi connectivity index (χ1n) is 8.45. The predicted molar refractivity (Wildman–Crippen MR) is 110 cm³/mol. The summed E-state index contributed by atoms with van der Waals surface area (Å²) in [5.41, 5.74) is 2.24. The van der Waals surface area contributed by atoms with Gasteiger partial charge in [0.1, 0.15) is 17.7 Å². The van der Waals surface area contributed by atoms with Gasteiger partial charge in [-0.25, -0.2) is 0 Å².